The number of carbonyl (C=O) groups excluding carboxylic acids is 2. The lowest BCUT2D eigenvalue weighted by Crippen LogP contribution is -2.34. The molecule has 1 amide bonds. The summed E-state index contributed by atoms with van der Waals surface area (Å²) in [5.41, 5.74) is 0.525. The molecular weight excluding hydrogens is 342 g/mol. The Hall–Kier alpha value is -2.53. The van der Waals surface area contributed by atoms with Crippen LogP contribution in [0.4, 0.5) is 0 Å². The molecule has 1 N–H and O–H groups in total. The first kappa shape index (κ1) is 17.3. The molecule has 0 aromatic heterocycles. The summed E-state index contributed by atoms with van der Waals surface area (Å²) in [6, 6.07) is 13.0. The van der Waals surface area contributed by atoms with Crippen LogP contribution in [0.25, 0.3) is 0 Å². The van der Waals surface area contributed by atoms with Crippen LogP contribution in [0.2, 0.25) is 5.02 Å². The number of phenolic OH excluding ortho intramolecular Hbond substituents is 1. The highest BCUT2D eigenvalue weighted by Crippen LogP contribution is 2.27. The molecule has 0 bridgehead atoms. The van der Waals surface area contributed by atoms with Gasteiger partial charge in [-0.05, 0) is 31.0 Å². The second-order valence-electron chi connectivity index (χ2n) is 5.89. The summed E-state index contributed by atoms with van der Waals surface area (Å²) >= 11 is 5.89. The monoisotopic (exact) mass is 359 g/mol. The van der Waals surface area contributed by atoms with Crippen molar-refractivity contribution < 1.29 is 19.4 Å². The lowest BCUT2D eigenvalue weighted by molar-refractivity contribution is -0.140. The summed E-state index contributed by atoms with van der Waals surface area (Å²) in [7, 11) is 0. The summed E-state index contributed by atoms with van der Waals surface area (Å²) in [5, 5.41) is 10.2. The highest BCUT2D eigenvalue weighted by atomic mass is 35.5. The van der Waals surface area contributed by atoms with Crippen LogP contribution >= 0.6 is 11.6 Å². The van der Waals surface area contributed by atoms with Gasteiger partial charge in [-0.1, -0.05) is 41.9 Å². The Morgan fingerprint density at radius 3 is 2.44 bits per heavy atom. The predicted molar refractivity (Wildman–Crippen MR) is 93.5 cm³/mol. The normalized spacial score (nSPS) is 15.0. The Morgan fingerprint density at radius 1 is 1.08 bits per heavy atom. The highest BCUT2D eigenvalue weighted by Gasteiger charge is 2.31. The second-order valence-corrected chi connectivity index (χ2v) is 6.33. The topological polar surface area (TPSA) is 66.8 Å². The first-order valence-electron chi connectivity index (χ1n) is 8.09. The lowest BCUT2D eigenvalue weighted by atomic mass is 10.1. The molecule has 2 aromatic rings. The van der Waals surface area contributed by atoms with Crippen molar-refractivity contribution in [3.8, 4) is 5.75 Å². The van der Waals surface area contributed by atoms with E-state index in [1.54, 1.807) is 29.2 Å². The summed E-state index contributed by atoms with van der Waals surface area (Å²) in [6.45, 7) is 1.31. The number of nitrogens with zero attached hydrogens (tertiary/aromatic N) is 1. The number of hydrogen-bond donors (Lipinski definition) is 1. The SMILES string of the molecule is O=C(O[C@@H](C(=O)N1CCCC1)c1ccccc1)c1cc(Cl)ccc1O. The average Bonchev–Trinajstić information content (AvgIpc) is 3.16. The van der Waals surface area contributed by atoms with Gasteiger partial charge in [0.2, 0.25) is 6.10 Å². The predicted octanol–water partition coefficient (Wildman–Crippen LogP) is 3.57. The molecule has 2 aromatic carbocycles. The molecule has 1 aliphatic heterocycles. The van der Waals surface area contributed by atoms with Crippen LogP contribution in [-0.4, -0.2) is 35.0 Å². The lowest BCUT2D eigenvalue weighted by Gasteiger charge is -2.23. The Morgan fingerprint density at radius 2 is 1.76 bits per heavy atom. The third kappa shape index (κ3) is 3.94. The molecule has 1 heterocycles. The average molecular weight is 360 g/mol. The van der Waals surface area contributed by atoms with Crippen LogP contribution in [0.15, 0.2) is 48.5 Å². The van der Waals surface area contributed by atoms with Crippen molar-refractivity contribution in [2.24, 2.45) is 0 Å². The molecule has 6 heteroatoms. The summed E-state index contributed by atoms with van der Waals surface area (Å²) in [6.07, 6.45) is 0.831. The zero-order chi connectivity index (χ0) is 17.8. The third-order valence-electron chi connectivity index (χ3n) is 4.15. The Bertz CT molecular complexity index is 772. The van der Waals surface area contributed by atoms with Crippen molar-refractivity contribution in [3.05, 3.63) is 64.7 Å². The van der Waals surface area contributed by atoms with Crippen LogP contribution < -0.4 is 0 Å². The van der Waals surface area contributed by atoms with Gasteiger partial charge in [-0.15, -0.1) is 0 Å². The van der Waals surface area contributed by atoms with Crippen molar-refractivity contribution >= 4 is 23.5 Å². The fraction of sp³-hybridized carbons (Fsp3) is 0.263. The summed E-state index contributed by atoms with van der Waals surface area (Å²) < 4.78 is 5.48. The van der Waals surface area contributed by atoms with E-state index in [2.05, 4.69) is 0 Å². The van der Waals surface area contributed by atoms with Gasteiger partial charge in [-0.2, -0.15) is 0 Å². The van der Waals surface area contributed by atoms with Crippen LogP contribution in [0.5, 0.6) is 5.75 Å². The molecule has 0 radical (unpaired) electrons. The maximum atomic E-state index is 12.8. The minimum absolute atomic E-state index is 0.0670. The van der Waals surface area contributed by atoms with E-state index in [1.807, 2.05) is 6.07 Å². The number of benzene rings is 2. The molecule has 0 saturated carbocycles. The van der Waals surface area contributed by atoms with E-state index >= 15 is 0 Å². The maximum absolute atomic E-state index is 12.8. The molecule has 25 heavy (non-hydrogen) atoms. The van der Waals surface area contributed by atoms with Crippen LogP contribution in [-0.2, 0) is 9.53 Å². The molecule has 130 valence electrons. The molecule has 0 unspecified atom stereocenters. The quantitative estimate of drug-likeness (QED) is 0.847. The fourth-order valence-electron chi connectivity index (χ4n) is 2.83. The van der Waals surface area contributed by atoms with E-state index in [1.165, 1.54) is 18.2 Å². The number of ether oxygens (including phenoxy) is 1. The Labute approximate surface area is 150 Å². The molecule has 0 aliphatic carbocycles. The maximum Gasteiger partial charge on any atom is 0.343 e. The van der Waals surface area contributed by atoms with Crippen LogP contribution in [0.3, 0.4) is 0 Å². The first-order chi connectivity index (χ1) is 12.1. The fourth-order valence-corrected chi connectivity index (χ4v) is 3.01. The highest BCUT2D eigenvalue weighted by molar-refractivity contribution is 6.31. The number of hydrogen-bond acceptors (Lipinski definition) is 4. The third-order valence-corrected chi connectivity index (χ3v) is 4.38. The van der Waals surface area contributed by atoms with E-state index in [4.69, 9.17) is 16.3 Å². The minimum Gasteiger partial charge on any atom is -0.507 e. The summed E-state index contributed by atoms with van der Waals surface area (Å²) in [5.74, 6) is -1.28. The van der Waals surface area contributed by atoms with Crippen molar-refractivity contribution in [1.82, 2.24) is 4.90 Å². The van der Waals surface area contributed by atoms with Crippen molar-refractivity contribution in [3.63, 3.8) is 0 Å². The van der Waals surface area contributed by atoms with E-state index in [-0.39, 0.29) is 17.2 Å². The minimum atomic E-state index is -1.05. The van der Waals surface area contributed by atoms with Gasteiger partial charge in [0.15, 0.2) is 0 Å². The number of aromatic hydroxyl groups is 1. The second kappa shape index (κ2) is 7.57. The van der Waals surface area contributed by atoms with Crippen molar-refractivity contribution in [1.29, 1.82) is 0 Å². The number of rotatable bonds is 4. The molecule has 1 saturated heterocycles. The van der Waals surface area contributed by atoms with E-state index in [9.17, 15) is 14.7 Å². The Balaban J connectivity index is 1.88. The number of carbonyl (C=O) groups is 2. The van der Waals surface area contributed by atoms with Crippen molar-refractivity contribution in [2.75, 3.05) is 13.1 Å². The van der Waals surface area contributed by atoms with Gasteiger partial charge >= 0.3 is 5.97 Å². The number of phenols is 1. The van der Waals surface area contributed by atoms with Gasteiger partial charge in [-0.3, -0.25) is 4.79 Å². The standard InChI is InChI=1S/C19H18ClNO4/c20-14-8-9-16(22)15(12-14)19(24)25-17(13-6-2-1-3-7-13)18(23)21-10-4-5-11-21/h1-3,6-9,12,17,22H,4-5,10-11H2/t17-/m1/s1. The van der Waals surface area contributed by atoms with E-state index < -0.39 is 12.1 Å². The zero-order valence-electron chi connectivity index (χ0n) is 13.5. The van der Waals surface area contributed by atoms with Gasteiger partial charge in [0, 0.05) is 23.7 Å². The molecule has 3 rings (SSSR count). The van der Waals surface area contributed by atoms with Crippen LogP contribution in [0.1, 0.15) is 34.9 Å². The molecule has 0 spiro atoms. The largest absolute Gasteiger partial charge is 0.507 e. The van der Waals surface area contributed by atoms with Gasteiger partial charge in [-0.25, -0.2) is 4.79 Å². The van der Waals surface area contributed by atoms with Gasteiger partial charge in [0.25, 0.3) is 5.91 Å². The van der Waals surface area contributed by atoms with E-state index in [0.29, 0.717) is 23.7 Å². The Kier molecular flexibility index (Phi) is 5.24. The molecule has 1 fully saturated rings. The van der Waals surface area contributed by atoms with Crippen molar-refractivity contribution in [2.45, 2.75) is 18.9 Å². The number of likely N-dealkylation sites (tertiary alicyclic amines) is 1. The number of esters is 1. The molecular formula is C19H18ClNO4. The van der Waals surface area contributed by atoms with Crippen LogP contribution in [0, 0.1) is 0 Å². The van der Waals surface area contributed by atoms with Gasteiger partial charge < -0.3 is 14.7 Å². The molecule has 5 nitrogen and oxygen atoms in total. The van der Waals surface area contributed by atoms with Gasteiger partial charge in [0.1, 0.15) is 11.3 Å². The van der Waals surface area contributed by atoms with E-state index in [0.717, 1.165) is 12.8 Å². The molecule has 1 aliphatic rings. The van der Waals surface area contributed by atoms with Gasteiger partial charge in [0.05, 0.1) is 0 Å². The summed E-state index contributed by atoms with van der Waals surface area (Å²) in [4.78, 5) is 27.0. The number of halogens is 1. The number of amides is 1. The smallest absolute Gasteiger partial charge is 0.343 e. The zero-order valence-corrected chi connectivity index (χ0v) is 14.3. The molecule has 1 atom stereocenters. The first-order valence-corrected chi connectivity index (χ1v) is 8.47.